The number of hydrogen-bond acceptors (Lipinski definition) is 5. The van der Waals surface area contributed by atoms with Crippen LogP contribution < -0.4 is 0 Å². The summed E-state index contributed by atoms with van der Waals surface area (Å²) in [5, 5.41) is 13.7. The zero-order valence-corrected chi connectivity index (χ0v) is 18.3. The third kappa shape index (κ3) is 4.60. The highest BCUT2D eigenvalue weighted by atomic mass is 32.2. The fourth-order valence-corrected chi connectivity index (χ4v) is 4.48. The monoisotopic (exact) mass is 449 g/mol. The first-order chi connectivity index (χ1) is 14.9. The molecular formula is C23H19N3O3S2. The maximum Gasteiger partial charge on any atom is 0.305 e. The maximum atomic E-state index is 12.8. The molecule has 0 radical (unpaired) electrons. The van der Waals surface area contributed by atoms with Gasteiger partial charge in [0, 0.05) is 23.9 Å². The van der Waals surface area contributed by atoms with Crippen molar-refractivity contribution in [2.45, 2.75) is 13.3 Å². The average molecular weight is 450 g/mol. The second-order valence-corrected chi connectivity index (χ2v) is 8.73. The highest BCUT2D eigenvalue weighted by Gasteiger charge is 2.32. The number of hydrogen-bond donors (Lipinski definition) is 1. The van der Waals surface area contributed by atoms with Crippen LogP contribution in [0, 0.1) is 6.92 Å². The number of aryl methyl sites for hydroxylation is 1. The maximum absolute atomic E-state index is 12.8. The summed E-state index contributed by atoms with van der Waals surface area (Å²) < 4.78 is 2.15. The quantitative estimate of drug-likeness (QED) is 0.440. The van der Waals surface area contributed by atoms with E-state index >= 15 is 0 Å². The minimum Gasteiger partial charge on any atom is -0.481 e. The molecule has 0 saturated carbocycles. The molecule has 4 rings (SSSR count). The molecule has 31 heavy (non-hydrogen) atoms. The molecule has 0 bridgehead atoms. The van der Waals surface area contributed by atoms with Crippen LogP contribution in [0.15, 0.2) is 65.7 Å². The van der Waals surface area contributed by atoms with Crippen molar-refractivity contribution in [3.8, 4) is 16.9 Å². The molecule has 1 saturated heterocycles. The van der Waals surface area contributed by atoms with E-state index in [1.165, 1.54) is 16.7 Å². The number of benzene rings is 2. The molecule has 1 aliphatic rings. The lowest BCUT2D eigenvalue weighted by molar-refractivity contribution is -0.137. The van der Waals surface area contributed by atoms with E-state index in [1.54, 1.807) is 10.8 Å². The summed E-state index contributed by atoms with van der Waals surface area (Å²) in [6.45, 7) is 2.08. The van der Waals surface area contributed by atoms with Gasteiger partial charge in [0.05, 0.1) is 22.7 Å². The van der Waals surface area contributed by atoms with Crippen LogP contribution in [0.3, 0.4) is 0 Å². The van der Waals surface area contributed by atoms with Crippen LogP contribution >= 0.6 is 24.0 Å². The van der Waals surface area contributed by atoms with Crippen LogP contribution in [0.5, 0.6) is 0 Å². The van der Waals surface area contributed by atoms with Gasteiger partial charge in [0.1, 0.15) is 4.32 Å². The Bertz CT molecular complexity index is 1180. The molecular weight excluding hydrogens is 430 g/mol. The number of aromatic nitrogens is 2. The number of carboxylic acids is 1. The predicted molar refractivity (Wildman–Crippen MR) is 126 cm³/mol. The number of thiocarbonyl (C=S) groups is 1. The van der Waals surface area contributed by atoms with Gasteiger partial charge in [0.2, 0.25) is 0 Å². The average Bonchev–Trinajstić information content (AvgIpc) is 3.29. The molecule has 8 heteroatoms. The zero-order chi connectivity index (χ0) is 22.0. The fraction of sp³-hybridized carbons (Fsp3) is 0.130. The molecule has 0 atom stereocenters. The van der Waals surface area contributed by atoms with Crippen LogP contribution in [-0.2, 0) is 9.59 Å². The number of amides is 1. The van der Waals surface area contributed by atoms with Gasteiger partial charge in [-0.1, -0.05) is 72.0 Å². The van der Waals surface area contributed by atoms with Crippen molar-refractivity contribution in [1.82, 2.24) is 14.7 Å². The van der Waals surface area contributed by atoms with Crippen molar-refractivity contribution >= 4 is 46.3 Å². The molecule has 1 amide bonds. The lowest BCUT2D eigenvalue weighted by atomic mass is 10.1. The molecule has 0 spiro atoms. The van der Waals surface area contributed by atoms with Crippen molar-refractivity contribution in [2.75, 3.05) is 6.54 Å². The van der Waals surface area contributed by atoms with Crippen molar-refractivity contribution in [2.24, 2.45) is 0 Å². The van der Waals surface area contributed by atoms with Gasteiger partial charge < -0.3 is 5.11 Å². The topological polar surface area (TPSA) is 75.4 Å². The third-order valence-corrected chi connectivity index (χ3v) is 6.18. The zero-order valence-electron chi connectivity index (χ0n) is 16.7. The Balaban J connectivity index is 1.74. The van der Waals surface area contributed by atoms with Gasteiger partial charge in [0.15, 0.2) is 0 Å². The molecule has 1 aromatic heterocycles. The fourth-order valence-electron chi connectivity index (χ4n) is 3.18. The summed E-state index contributed by atoms with van der Waals surface area (Å²) in [5.74, 6) is -1.25. The Hall–Kier alpha value is -3.23. The molecule has 1 aliphatic heterocycles. The van der Waals surface area contributed by atoms with E-state index in [1.807, 2.05) is 67.7 Å². The van der Waals surface area contributed by atoms with E-state index in [0.29, 0.717) is 9.23 Å². The number of carbonyl (C=O) groups excluding carboxylic acids is 1. The van der Waals surface area contributed by atoms with Crippen molar-refractivity contribution in [1.29, 1.82) is 0 Å². The minimum atomic E-state index is -0.969. The van der Waals surface area contributed by atoms with Crippen LogP contribution in [0.1, 0.15) is 17.5 Å². The van der Waals surface area contributed by atoms with Crippen LogP contribution in [-0.4, -0.2) is 42.5 Å². The van der Waals surface area contributed by atoms with Gasteiger partial charge in [0.25, 0.3) is 5.91 Å². The first-order valence-corrected chi connectivity index (χ1v) is 10.8. The largest absolute Gasteiger partial charge is 0.481 e. The van der Waals surface area contributed by atoms with Crippen molar-refractivity contribution < 1.29 is 14.7 Å². The Labute approximate surface area is 189 Å². The molecule has 0 unspecified atom stereocenters. The van der Waals surface area contributed by atoms with Gasteiger partial charge in [-0.2, -0.15) is 5.10 Å². The number of thioether (sulfide) groups is 1. The first kappa shape index (κ1) is 21.0. The predicted octanol–water partition coefficient (Wildman–Crippen LogP) is 4.52. The minimum absolute atomic E-state index is 0.0609. The van der Waals surface area contributed by atoms with Gasteiger partial charge in [-0.3, -0.25) is 14.5 Å². The van der Waals surface area contributed by atoms with Crippen LogP contribution in [0.2, 0.25) is 0 Å². The molecule has 6 nitrogen and oxygen atoms in total. The summed E-state index contributed by atoms with van der Waals surface area (Å²) in [6.07, 6.45) is 3.51. The van der Waals surface area contributed by atoms with E-state index in [9.17, 15) is 9.59 Å². The molecule has 2 aromatic carbocycles. The Morgan fingerprint density at radius 1 is 1.16 bits per heavy atom. The van der Waals surface area contributed by atoms with E-state index in [-0.39, 0.29) is 18.9 Å². The number of rotatable bonds is 6. The second kappa shape index (κ2) is 8.87. The molecule has 156 valence electrons. The summed E-state index contributed by atoms with van der Waals surface area (Å²) in [4.78, 5) is 25.5. The number of carbonyl (C=O) groups is 2. The summed E-state index contributed by atoms with van der Waals surface area (Å²) in [6, 6.07) is 17.8. The Morgan fingerprint density at radius 3 is 2.55 bits per heavy atom. The number of aliphatic carboxylic acids is 1. The van der Waals surface area contributed by atoms with Crippen molar-refractivity contribution in [3.05, 3.63) is 76.8 Å². The van der Waals surface area contributed by atoms with E-state index < -0.39 is 5.97 Å². The van der Waals surface area contributed by atoms with Crippen LogP contribution in [0.4, 0.5) is 0 Å². The second-order valence-electron chi connectivity index (χ2n) is 7.06. The van der Waals surface area contributed by atoms with E-state index in [0.717, 1.165) is 28.1 Å². The number of nitrogens with zero attached hydrogens (tertiary/aromatic N) is 3. The standard InChI is InChI=1S/C23H19N3O3S2/c1-15-7-9-16(10-8-15)21-17(14-26(24-21)18-5-3-2-4-6-18)13-19-22(29)25(23(30)31-19)12-11-20(27)28/h2-10,13-14H,11-12H2,1H3,(H,27,28)/b19-13-. The van der Waals surface area contributed by atoms with Crippen molar-refractivity contribution in [3.63, 3.8) is 0 Å². The Kier molecular flexibility index (Phi) is 6.01. The van der Waals surface area contributed by atoms with Gasteiger partial charge in [-0.25, -0.2) is 4.68 Å². The molecule has 1 N–H and O–H groups in total. The Morgan fingerprint density at radius 2 is 1.87 bits per heavy atom. The lowest BCUT2D eigenvalue weighted by Crippen LogP contribution is -2.30. The lowest BCUT2D eigenvalue weighted by Gasteiger charge is -2.12. The first-order valence-electron chi connectivity index (χ1n) is 9.61. The number of para-hydroxylation sites is 1. The SMILES string of the molecule is Cc1ccc(-c2nn(-c3ccccc3)cc2/C=C2\SC(=S)N(CCC(=O)O)C2=O)cc1. The normalized spacial score (nSPS) is 15.1. The highest BCUT2D eigenvalue weighted by molar-refractivity contribution is 8.26. The number of carboxylic acid groups (broad SMARTS) is 1. The third-order valence-electron chi connectivity index (χ3n) is 4.80. The van der Waals surface area contributed by atoms with E-state index in [4.69, 9.17) is 22.4 Å². The van der Waals surface area contributed by atoms with Gasteiger partial charge >= 0.3 is 5.97 Å². The summed E-state index contributed by atoms with van der Waals surface area (Å²) in [5.41, 5.74) is 4.52. The van der Waals surface area contributed by atoms with Crippen LogP contribution in [0.25, 0.3) is 23.0 Å². The highest BCUT2D eigenvalue weighted by Crippen LogP contribution is 2.35. The summed E-state index contributed by atoms with van der Waals surface area (Å²) >= 11 is 6.48. The molecule has 0 aliphatic carbocycles. The van der Waals surface area contributed by atoms with E-state index in [2.05, 4.69) is 0 Å². The molecule has 3 aromatic rings. The smallest absolute Gasteiger partial charge is 0.305 e. The van der Waals surface area contributed by atoms with Gasteiger partial charge in [-0.05, 0) is 25.1 Å². The molecule has 2 heterocycles. The van der Waals surface area contributed by atoms with Gasteiger partial charge in [-0.15, -0.1) is 0 Å². The summed E-state index contributed by atoms with van der Waals surface area (Å²) in [7, 11) is 0. The molecule has 1 fully saturated rings.